The molecular weight excluding hydrogens is 286 g/mol. The molecule has 0 spiro atoms. The quantitative estimate of drug-likeness (QED) is 0.736. The molecule has 0 N–H and O–H groups in total. The van der Waals surface area contributed by atoms with Gasteiger partial charge >= 0.3 is 84.8 Å². The first kappa shape index (κ1) is 9.64. The fraction of sp³-hybridized carbons (Fsp3) is 0.250. The van der Waals surface area contributed by atoms with Crippen LogP contribution in [0.25, 0.3) is 0 Å². The number of hydrogen-bond acceptors (Lipinski definition) is 0. The second-order valence-electron chi connectivity index (χ2n) is 2.13. The third-order valence-electron chi connectivity index (χ3n) is 1.39. The van der Waals surface area contributed by atoms with Crippen molar-refractivity contribution in [3.8, 4) is 0 Å². The van der Waals surface area contributed by atoms with Crippen LogP contribution in [0.2, 0.25) is 5.21 Å². The molecule has 11 heavy (non-hydrogen) atoms. The summed E-state index contributed by atoms with van der Waals surface area (Å²) in [4.78, 5) is 0. The Hall–Kier alpha value is 0.548. The summed E-state index contributed by atoms with van der Waals surface area (Å²) in [5, 5.41) is 1.11. The molecule has 60 valence electrons. The van der Waals surface area contributed by atoms with Crippen LogP contribution in [0.3, 0.4) is 0 Å². The van der Waals surface area contributed by atoms with Crippen LogP contribution in [0.4, 0.5) is 0 Å². The average Bonchev–Trinajstić information content (AvgIpc) is 2.04. The maximum absolute atomic E-state index is 6.21. The summed E-state index contributed by atoms with van der Waals surface area (Å²) >= 11 is 2.27. The molecule has 0 aliphatic carbocycles. The Morgan fingerprint density at radius 2 is 2.09 bits per heavy atom. The molecule has 0 saturated carbocycles. The Bertz CT molecular complexity index is 239. The summed E-state index contributed by atoms with van der Waals surface area (Å²) < 4.78 is 2.49. The van der Waals surface area contributed by atoms with Gasteiger partial charge in [-0.25, -0.2) is 0 Å². The monoisotopic (exact) mass is 294 g/mol. The zero-order chi connectivity index (χ0) is 8.27. The van der Waals surface area contributed by atoms with Crippen LogP contribution in [0.1, 0.15) is 6.92 Å². The van der Waals surface area contributed by atoms with E-state index in [1.165, 1.54) is 4.35 Å². The van der Waals surface area contributed by atoms with Gasteiger partial charge in [-0.05, 0) is 0 Å². The molecule has 0 amide bonds. The summed E-state index contributed by atoms with van der Waals surface area (Å²) in [5.74, 6) is 0. The summed E-state index contributed by atoms with van der Waals surface area (Å²) in [7, 11) is 6.21. The number of halogens is 2. The van der Waals surface area contributed by atoms with E-state index < -0.39 is 13.7 Å². The molecule has 0 nitrogen and oxygen atoms in total. The van der Waals surface area contributed by atoms with Crippen molar-refractivity contribution >= 4 is 43.9 Å². The van der Waals surface area contributed by atoms with Crippen molar-refractivity contribution in [2.24, 2.45) is 0 Å². The van der Waals surface area contributed by atoms with Crippen molar-refractivity contribution in [1.29, 1.82) is 0 Å². The van der Waals surface area contributed by atoms with Crippen LogP contribution < -0.4 is 4.35 Å². The van der Waals surface area contributed by atoms with Gasteiger partial charge in [0.25, 0.3) is 0 Å². The number of rotatable bonds is 2. The van der Waals surface area contributed by atoms with Gasteiger partial charge in [0.2, 0.25) is 0 Å². The number of hydrogen-bond donors (Lipinski definition) is 0. The van der Waals surface area contributed by atoms with Gasteiger partial charge in [0.05, 0.1) is 0 Å². The van der Waals surface area contributed by atoms with E-state index in [2.05, 4.69) is 35.0 Å². The molecule has 0 radical (unpaired) electrons. The molecule has 0 aromatic heterocycles. The molecule has 0 aliphatic heterocycles. The van der Waals surface area contributed by atoms with Crippen molar-refractivity contribution in [3.05, 3.63) is 28.7 Å². The molecule has 1 aromatic rings. The second-order valence-corrected chi connectivity index (χ2v) is 8.96. The normalized spacial score (nSPS) is 13.0. The first-order valence-corrected chi connectivity index (χ1v) is 8.96. The van der Waals surface area contributed by atoms with Gasteiger partial charge in [-0.2, -0.15) is 0 Å². The number of benzene rings is 1. The Morgan fingerprint density at radius 3 is 2.64 bits per heavy atom. The van der Waals surface area contributed by atoms with E-state index in [0.717, 1.165) is 9.68 Å². The van der Waals surface area contributed by atoms with Gasteiger partial charge in [-0.15, -0.1) is 0 Å². The minimum atomic E-state index is -1.22. The predicted molar refractivity (Wildman–Crippen MR) is 55.9 cm³/mol. The van der Waals surface area contributed by atoms with E-state index in [1.807, 2.05) is 12.1 Å². The van der Waals surface area contributed by atoms with E-state index >= 15 is 0 Å². The van der Waals surface area contributed by atoms with Gasteiger partial charge in [-0.3, -0.25) is 0 Å². The average molecular weight is 295 g/mol. The molecule has 0 saturated heterocycles. The third kappa shape index (κ3) is 2.50. The molecule has 0 bridgehead atoms. The molecule has 0 heterocycles. The van der Waals surface area contributed by atoms with Crippen molar-refractivity contribution in [3.63, 3.8) is 0 Å². The van der Waals surface area contributed by atoms with Crippen LogP contribution in [0.5, 0.6) is 0 Å². The van der Waals surface area contributed by atoms with Crippen LogP contribution in [-0.4, -0.2) is 13.7 Å². The van der Waals surface area contributed by atoms with Crippen LogP contribution in [0, 0.1) is 0 Å². The Labute approximate surface area is 84.5 Å². The first-order chi connectivity index (χ1) is 5.25. The van der Waals surface area contributed by atoms with Gasteiger partial charge in [0.15, 0.2) is 0 Å². The third-order valence-corrected chi connectivity index (χ3v) is 8.02. The molecule has 1 rings (SSSR count). The van der Waals surface area contributed by atoms with Crippen molar-refractivity contribution < 1.29 is 0 Å². The molecular formula is C8H9AsBrCl. The second kappa shape index (κ2) is 4.54. The van der Waals surface area contributed by atoms with Crippen molar-refractivity contribution in [2.45, 2.75) is 12.1 Å². The Balaban J connectivity index is 2.93. The van der Waals surface area contributed by atoms with Crippen LogP contribution in [0.15, 0.2) is 28.7 Å². The first-order valence-electron chi connectivity index (χ1n) is 3.43. The molecule has 0 fully saturated rings. The molecule has 1 unspecified atom stereocenters. The summed E-state index contributed by atoms with van der Waals surface area (Å²) in [6, 6.07) is 8.22. The maximum atomic E-state index is 6.21. The zero-order valence-corrected chi connectivity index (χ0v) is 10.4. The van der Waals surface area contributed by atoms with E-state index in [-0.39, 0.29) is 0 Å². The van der Waals surface area contributed by atoms with E-state index in [9.17, 15) is 0 Å². The summed E-state index contributed by atoms with van der Waals surface area (Å²) in [6.45, 7) is 2.15. The van der Waals surface area contributed by atoms with Crippen molar-refractivity contribution in [2.75, 3.05) is 0 Å². The Kier molecular flexibility index (Phi) is 3.98. The standard InChI is InChI=1S/C8H9AsBrCl/c1-2-9(11)7-5-3-4-6-8(7)10/h3-6H,2H2,1H3. The van der Waals surface area contributed by atoms with E-state index in [0.29, 0.717) is 0 Å². The molecule has 3 heteroatoms. The molecule has 1 atom stereocenters. The summed E-state index contributed by atoms with van der Waals surface area (Å²) in [6.07, 6.45) is 0. The van der Waals surface area contributed by atoms with Gasteiger partial charge in [-0.1, -0.05) is 0 Å². The fourth-order valence-corrected chi connectivity index (χ4v) is 5.39. The Morgan fingerprint density at radius 1 is 1.45 bits per heavy atom. The van der Waals surface area contributed by atoms with E-state index in [4.69, 9.17) is 9.95 Å². The molecule has 0 aliphatic rings. The minimum absolute atomic E-state index is 1.11. The van der Waals surface area contributed by atoms with Gasteiger partial charge < -0.3 is 0 Å². The van der Waals surface area contributed by atoms with Crippen LogP contribution in [-0.2, 0) is 0 Å². The van der Waals surface area contributed by atoms with E-state index in [1.54, 1.807) is 0 Å². The zero-order valence-electron chi connectivity index (χ0n) is 6.22. The predicted octanol–water partition coefficient (Wildman–Crippen LogP) is 2.91. The topological polar surface area (TPSA) is 0 Å². The van der Waals surface area contributed by atoms with Gasteiger partial charge in [0.1, 0.15) is 0 Å². The van der Waals surface area contributed by atoms with Crippen molar-refractivity contribution in [1.82, 2.24) is 0 Å². The fourth-order valence-electron chi connectivity index (χ4n) is 0.819. The molecule has 1 aromatic carbocycles. The summed E-state index contributed by atoms with van der Waals surface area (Å²) in [5.41, 5.74) is 0. The van der Waals surface area contributed by atoms with Gasteiger partial charge in [0, 0.05) is 0 Å². The SMILES string of the molecule is CC[As](Cl)c1ccccc1Br. The van der Waals surface area contributed by atoms with Crippen LogP contribution >= 0.6 is 25.9 Å².